The highest BCUT2D eigenvalue weighted by Crippen LogP contribution is 2.42. The minimum atomic E-state index is 0.468. The maximum absolute atomic E-state index is 5.93. The molecule has 0 bridgehead atoms. The Hall–Kier alpha value is -1.02. The molecule has 2 heteroatoms. The average molecular weight is 273 g/mol. The van der Waals surface area contributed by atoms with Gasteiger partial charge in [-0.1, -0.05) is 44.9 Å². The molecule has 20 heavy (non-hydrogen) atoms. The van der Waals surface area contributed by atoms with Gasteiger partial charge in [-0.25, -0.2) is 0 Å². The quantitative estimate of drug-likeness (QED) is 0.892. The van der Waals surface area contributed by atoms with E-state index < -0.39 is 0 Å². The summed E-state index contributed by atoms with van der Waals surface area (Å²) in [5.74, 6) is 2.80. The van der Waals surface area contributed by atoms with Crippen LogP contribution in [0.1, 0.15) is 56.7 Å². The Balaban J connectivity index is 1.88. The van der Waals surface area contributed by atoms with Gasteiger partial charge in [0.25, 0.3) is 0 Å². The van der Waals surface area contributed by atoms with Crippen LogP contribution in [0.2, 0.25) is 0 Å². The topological polar surface area (TPSA) is 21.3 Å². The molecule has 0 saturated heterocycles. The first kappa shape index (κ1) is 13.9. The van der Waals surface area contributed by atoms with Gasteiger partial charge in [-0.2, -0.15) is 0 Å². The molecule has 3 rings (SSSR count). The minimum absolute atomic E-state index is 0.468. The first-order chi connectivity index (χ1) is 9.79. The lowest BCUT2D eigenvalue weighted by Gasteiger charge is -2.34. The Morgan fingerprint density at radius 3 is 3.05 bits per heavy atom. The third-order valence-electron chi connectivity index (χ3n) is 4.95. The van der Waals surface area contributed by atoms with E-state index in [-0.39, 0.29) is 0 Å². The Kier molecular flexibility index (Phi) is 4.30. The largest absolute Gasteiger partial charge is 0.493 e. The molecular weight excluding hydrogens is 246 g/mol. The first-order valence-corrected chi connectivity index (χ1v) is 8.27. The van der Waals surface area contributed by atoms with Crippen molar-refractivity contribution in [3.63, 3.8) is 0 Å². The molecule has 2 nitrogen and oxygen atoms in total. The van der Waals surface area contributed by atoms with Gasteiger partial charge in [0.2, 0.25) is 0 Å². The fraction of sp³-hybridized carbons (Fsp3) is 0.667. The van der Waals surface area contributed by atoms with Crippen molar-refractivity contribution in [1.29, 1.82) is 0 Å². The average Bonchev–Trinajstić information content (AvgIpc) is 2.93. The van der Waals surface area contributed by atoms with E-state index in [2.05, 4.69) is 37.4 Å². The molecule has 1 aliphatic carbocycles. The molecule has 110 valence electrons. The van der Waals surface area contributed by atoms with E-state index in [0.29, 0.717) is 6.04 Å². The number of rotatable bonds is 4. The lowest BCUT2D eigenvalue weighted by atomic mass is 9.76. The number of benzene rings is 1. The molecule has 1 saturated carbocycles. The minimum Gasteiger partial charge on any atom is -0.493 e. The molecule has 1 heterocycles. The van der Waals surface area contributed by atoms with Gasteiger partial charge in [0.05, 0.1) is 6.61 Å². The number of ether oxygens (including phenoxy) is 1. The van der Waals surface area contributed by atoms with Crippen LogP contribution < -0.4 is 10.1 Å². The predicted molar refractivity (Wildman–Crippen MR) is 83.2 cm³/mol. The zero-order chi connectivity index (χ0) is 13.9. The van der Waals surface area contributed by atoms with Gasteiger partial charge in [0.15, 0.2) is 0 Å². The van der Waals surface area contributed by atoms with E-state index in [9.17, 15) is 0 Å². The van der Waals surface area contributed by atoms with Crippen LogP contribution in [0.5, 0.6) is 5.75 Å². The molecule has 1 fully saturated rings. The summed E-state index contributed by atoms with van der Waals surface area (Å²) in [5.41, 5.74) is 2.80. The van der Waals surface area contributed by atoms with Gasteiger partial charge in [-0.15, -0.1) is 0 Å². The van der Waals surface area contributed by atoms with Crippen molar-refractivity contribution in [2.45, 2.75) is 52.0 Å². The Morgan fingerprint density at radius 1 is 1.35 bits per heavy atom. The Labute approximate surface area is 122 Å². The summed E-state index contributed by atoms with van der Waals surface area (Å²) < 4.78 is 5.93. The number of hydrogen-bond donors (Lipinski definition) is 1. The zero-order valence-corrected chi connectivity index (χ0v) is 12.8. The fourth-order valence-corrected chi connectivity index (χ4v) is 4.02. The highest BCUT2D eigenvalue weighted by molar-refractivity contribution is 5.46. The van der Waals surface area contributed by atoms with Crippen molar-refractivity contribution >= 4 is 0 Å². The SMILES string of the molecule is CCNC(c1cccc2c1OCC2)C1CCCC(C)C1. The van der Waals surface area contributed by atoms with Crippen molar-refractivity contribution in [3.05, 3.63) is 29.3 Å². The van der Waals surface area contributed by atoms with Gasteiger partial charge in [-0.3, -0.25) is 0 Å². The molecule has 1 aromatic carbocycles. The molecule has 0 amide bonds. The van der Waals surface area contributed by atoms with E-state index in [1.807, 2.05) is 0 Å². The lowest BCUT2D eigenvalue weighted by molar-refractivity contribution is 0.221. The maximum Gasteiger partial charge on any atom is 0.127 e. The van der Waals surface area contributed by atoms with Gasteiger partial charge in [0.1, 0.15) is 5.75 Å². The first-order valence-electron chi connectivity index (χ1n) is 8.27. The second-order valence-corrected chi connectivity index (χ2v) is 6.50. The molecular formula is C18H27NO. The molecule has 3 atom stereocenters. The van der Waals surface area contributed by atoms with Crippen molar-refractivity contribution in [1.82, 2.24) is 5.32 Å². The molecule has 2 aliphatic rings. The monoisotopic (exact) mass is 273 g/mol. The second kappa shape index (κ2) is 6.17. The highest BCUT2D eigenvalue weighted by atomic mass is 16.5. The van der Waals surface area contributed by atoms with Gasteiger partial charge < -0.3 is 10.1 Å². The number of para-hydroxylation sites is 1. The fourth-order valence-electron chi connectivity index (χ4n) is 4.02. The van der Waals surface area contributed by atoms with E-state index in [1.165, 1.54) is 42.6 Å². The van der Waals surface area contributed by atoms with Crippen molar-refractivity contribution < 1.29 is 4.74 Å². The third-order valence-corrected chi connectivity index (χ3v) is 4.95. The van der Waals surface area contributed by atoms with Crippen LogP contribution in [-0.2, 0) is 6.42 Å². The standard InChI is InChI=1S/C18H27NO/c1-3-19-17(15-8-4-6-13(2)12-15)16-9-5-7-14-10-11-20-18(14)16/h5,7,9,13,15,17,19H,3-4,6,8,10-12H2,1-2H3. The normalized spacial score (nSPS) is 26.9. The van der Waals surface area contributed by atoms with Crippen molar-refractivity contribution in [2.24, 2.45) is 11.8 Å². The van der Waals surface area contributed by atoms with Crippen LogP contribution in [-0.4, -0.2) is 13.2 Å². The molecule has 0 aromatic heterocycles. The number of fused-ring (bicyclic) bond motifs is 1. The second-order valence-electron chi connectivity index (χ2n) is 6.50. The van der Waals surface area contributed by atoms with Crippen LogP contribution in [0.4, 0.5) is 0 Å². The molecule has 0 spiro atoms. The van der Waals surface area contributed by atoms with Crippen molar-refractivity contribution in [3.8, 4) is 5.75 Å². The highest BCUT2D eigenvalue weighted by Gasteiger charge is 2.30. The van der Waals surface area contributed by atoms with Crippen LogP contribution in [0, 0.1) is 11.8 Å². The zero-order valence-electron chi connectivity index (χ0n) is 12.8. The molecule has 0 radical (unpaired) electrons. The van der Waals surface area contributed by atoms with Crippen LogP contribution >= 0.6 is 0 Å². The summed E-state index contributed by atoms with van der Waals surface area (Å²) in [6.07, 6.45) is 6.55. The van der Waals surface area contributed by atoms with Gasteiger partial charge in [0, 0.05) is 18.0 Å². The van der Waals surface area contributed by atoms with Crippen LogP contribution in [0.3, 0.4) is 0 Å². The van der Waals surface area contributed by atoms with Gasteiger partial charge in [-0.05, 0) is 36.8 Å². The van der Waals surface area contributed by atoms with Crippen LogP contribution in [0.15, 0.2) is 18.2 Å². The maximum atomic E-state index is 5.93. The van der Waals surface area contributed by atoms with E-state index in [0.717, 1.165) is 31.4 Å². The third kappa shape index (κ3) is 2.71. The number of nitrogens with one attached hydrogen (secondary N) is 1. The summed E-state index contributed by atoms with van der Waals surface area (Å²) in [6.45, 7) is 6.50. The van der Waals surface area contributed by atoms with Crippen molar-refractivity contribution in [2.75, 3.05) is 13.2 Å². The Morgan fingerprint density at radius 2 is 2.25 bits per heavy atom. The number of hydrogen-bond acceptors (Lipinski definition) is 2. The van der Waals surface area contributed by atoms with E-state index in [4.69, 9.17) is 4.74 Å². The summed E-state index contributed by atoms with van der Waals surface area (Å²) in [7, 11) is 0. The smallest absolute Gasteiger partial charge is 0.127 e. The summed E-state index contributed by atoms with van der Waals surface area (Å²) in [5, 5.41) is 3.74. The van der Waals surface area contributed by atoms with E-state index in [1.54, 1.807) is 0 Å². The van der Waals surface area contributed by atoms with E-state index >= 15 is 0 Å². The molecule has 3 unspecified atom stereocenters. The summed E-state index contributed by atoms with van der Waals surface area (Å²) in [4.78, 5) is 0. The predicted octanol–water partition coefficient (Wildman–Crippen LogP) is 4.10. The summed E-state index contributed by atoms with van der Waals surface area (Å²) in [6, 6.07) is 7.17. The molecule has 1 N–H and O–H groups in total. The lowest BCUT2D eigenvalue weighted by Crippen LogP contribution is -2.31. The Bertz CT molecular complexity index is 457. The van der Waals surface area contributed by atoms with Gasteiger partial charge >= 0.3 is 0 Å². The molecule has 1 aliphatic heterocycles. The van der Waals surface area contributed by atoms with Crippen LogP contribution in [0.25, 0.3) is 0 Å². The molecule has 1 aromatic rings. The summed E-state index contributed by atoms with van der Waals surface area (Å²) >= 11 is 0.